The summed E-state index contributed by atoms with van der Waals surface area (Å²) in [6.45, 7) is 1.52. The summed E-state index contributed by atoms with van der Waals surface area (Å²) in [4.78, 5) is 12.0. The maximum Gasteiger partial charge on any atom is 0.248 e. The Labute approximate surface area is 140 Å². The molecule has 2 aromatic carbocycles. The number of nitrogens with two attached hydrogens (primary N) is 1. The fraction of sp³-hybridized carbons (Fsp3) is 0.118. The number of hydrogen-bond acceptors (Lipinski definition) is 5. The third kappa shape index (κ3) is 4.36. The average Bonchev–Trinajstić information content (AvgIpc) is 2.56. The summed E-state index contributed by atoms with van der Waals surface area (Å²) < 4.78 is 23.7. The number of carbonyl (C=O) groups is 1. The van der Waals surface area contributed by atoms with Gasteiger partial charge in [-0.3, -0.25) is 4.79 Å². The molecule has 0 atom stereocenters. The SMILES string of the molecule is CCS(=O)(=O)c1ccc(O)c(NC(=O)/C=C/c2ccc(N)cc2)c1. The molecule has 2 rings (SSSR count). The Balaban J connectivity index is 2.16. The number of carbonyl (C=O) groups excluding carboxylic acids is 1. The maximum absolute atomic E-state index is 12.0. The largest absolute Gasteiger partial charge is 0.506 e. The zero-order chi connectivity index (χ0) is 17.7. The predicted octanol–water partition coefficient (Wildman–Crippen LogP) is 2.42. The fourth-order valence-corrected chi connectivity index (χ4v) is 2.83. The van der Waals surface area contributed by atoms with E-state index in [0.29, 0.717) is 5.69 Å². The molecular formula is C17H18N2O4S. The van der Waals surface area contributed by atoms with Gasteiger partial charge in [0.2, 0.25) is 5.91 Å². The van der Waals surface area contributed by atoms with Crippen molar-refractivity contribution in [3.05, 3.63) is 54.1 Å². The Kier molecular flexibility index (Phi) is 5.25. The number of amides is 1. The molecule has 0 aliphatic heterocycles. The molecule has 0 bridgehead atoms. The molecule has 24 heavy (non-hydrogen) atoms. The van der Waals surface area contributed by atoms with Gasteiger partial charge in [-0.2, -0.15) is 0 Å². The summed E-state index contributed by atoms with van der Waals surface area (Å²) in [5, 5.41) is 12.3. The molecule has 0 aromatic heterocycles. The Morgan fingerprint density at radius 1 is 1.21 bits per heavy atom. The predicted molar refractivity (Wildman–Crippen MR) is 94.4 cm³/mol. The van der Waals surface area contributed by atoms with Crippen molar-refractivity contribution in [2.24, 2.45) is 0 Å². The number of rotatable bonds is 5. The van der Waals surface area contributed by atoms with Gasteiger partial charge in [-0.25, -0.2) is 8.42 Å². The number of phenols is 1. The molecule has 0 spiro atoms. The van der Waals surface area contributed by atoms with Crippen LogP contribution in [0.25, 0.3) is 6.08 Å². The van der Waals surface area contributed by atoms with E-state index in [1.54, 1.807) is 30.3 Å². The monoisotopic (exact) mass is 346 g/mol. The van der Waals surface area contributed by atoms with E-state index >= 15 is 0 Å². The van der Waals surface area contributed by atoms with Gasteiger partial charge in [0.25, 0.3) is 0 Å². The highest BCUT2D eigenvalue weighted by molar-refractivity contribution is 7.91. The summed E-state index contributed by atoms with van der Waals surface area (Å²) in [6, 6.07) is 10.7. The van der Waals surface area contributed by atoms with Crippen molar-refractivity contribution in [3.63, 3.8) is 0 Å². The first kappa shape index (κ1) is 17.6. The molecular weight excluding hydrogens is 328 g/mol. The van der Waals surface area contributed by atoms with Crippen LogP contribution in [0.3, 0.4) is 0 Å². The van der Waals surface area contributed by atoms with Crippen LogP contribution in [0.15, 0.2) is 53.4 Å². The lowest BCUT2D eigenvalue weighted by molar-refractivity contribution is -0.111. The second-order valence-electron chi connectivity index (χ2n) is 5.07. The van der Waals surface area contributed by atoms with Gasteiger partial charge < -0.3 is 16.2 Å². The summed E-state index contributed by atoms with van der Waals surface area (Å²) in [7, 11) is -3.42. The molecule has 0 saturated heterocycles. The van der Waals surface area contributed by atoms with Gasteiger partial charge in [-0.1, -0.05) is 19.1 Å². The molecule has 2 aromatic rings. The Morgan fingerprint density at radius 3 is 2.50 bits per heavy atom. The first-order valence-corrected chi connectivity index (χ1v) is 8.87. The van der Waals surface area contributed by atoms with Crippen molar-refractivity contribution < 1.29 is 18.3 Å². The van der Waals surface area contributed by atoms with Gasteiger partial charge in [-0.15, -0.1) is 0 Å². The van der Waals surface area contributed by atoms with Gasteiger partial charge in [0.1, 0.15) is 5.75 Å². The van der Waals surface area contributed by atoms with Crippen LogP contribution in [0.1, 0.15) is 12.5 Å². The lowest BCUT2D eigenvalue weighted by atomic mass is 10.2. The zero-order valence-electron chi connectivity index (χ0n) is 13.1. The van der Waals surface area contributed by atoms with E-state index in [9.17, 15) is 18.3 Å². The van der Waals surface area contributed by atoms with Crippen molar-refractivity contribution in [2.45, 2.75) is 11.8 Å². The van der Waals surface area contributed by atoms with Gasteiger partial charge in [0.15, 0.2) is 9.84 Å². The van der Waals surface area contributed by atoms with E-state index in [4.69, 9.17) is 5.73 Å². The molecule has 6 nitrogen and oxygen atoms in total. The van der Waals surface area contributed by atoms with Crippen LogP contribution in [-0.4, -0.2) is 25.2 Å². The van der Waals surface area contributed by atoms with E-state index in [1.807, 2.05) is 0 Å². The lowest BCUT2D eigenvalue weighted by Crippen LogP contribution is -2.10. The molecule has 0 unspecified atom stereocenters. The van der Waals surface area contributed by atoms with E-state index in [-0.39, 0.29) is 22.1 Å². The topological polar surface area (TPSA) is 109 Å². The third-order valence-electron chi connectivity index (χ3n) is 3.33. The maximum atomic E-state index is 12.0. The number of aromatic hydroxyl groups is 1. The molecule has 4 N–H and O–H groups in total. The zero-order valence-corrected chi connectivity index (χ0v) is 13.9. The number of anilines is 2. The van der Waals surface area contributed by atoms with Crippen molar-refractivity contribution in [1.82, 2.24) is 0 Å². The van der Waals surface area contributed by atoms with Crippen LogP contribution in [0.4, 0.5) is 11.4 Å². The molecule has 0 aliphatic carbocycles. The van der Waals surface area contributed by atoms with E-state index in [2.05, 4.69) is 5.32 Å². The molecule has 0 fully saturated rings. The Bertz CT molecular complexity index is 872. The van der Waals surface area contributed by atoms with Crippen molar-refractivity contribution in [1.29, 1.82) is 0 Å². The highest BCUT2D eigenvalue weighted by Gasteiger charge is 2.14. The first-order valence-electron chi connectivity index (χ1n) is 7.22. The highest BCUT2D eigenvalue weighted by Crippen LogP contribution is 2.27. The normalized spacial score (nSPS) is 11.5. The summed E-state index contributed by atoms with van der Waals surface area (Å²) in [5.41, 5.74) is 7.02. The van der Waals surface area contributed by atoms with Crippen LogP contribution in [-0.2, 0) is 14.6 Å². The number of benzene rings is 2. The highest BCUT2D eigenvalue weighted by atomic mass is 32.2. The minimum Gasteiger partial charge on any atom is -0.506 e. The van der Waals surface area contributed by atoms with Crippen LogP contribution < -0.4 is 11.1 Å². The summed E-state index contributed by atoms with van der Waals surface area (Å²) in [5.74, 6) is -0.769. The molecule has 0 saturated carbocycles. The quantitative estimate of drug-likeness (QED) is 0.437. The van der Waals surface area contributed by atoms with Gasteiger partial charge >= 0.3 is 0 Å². The Hall–Kier alpha value is -2.80. The summed E-state index contributed by atoms with van der Waals surface area (Å²) in [6.07, 6.45) is 2.87. The minimum atomic E-state index is -3.42. The van der Waals surface area contributed by atoms with E-state index < -0.39 is 15.7 Å². The van der Waals surface area contributed by atoms with Crippen LogP contribution >= 0.6 is 0 Å². The van der Waals surface area contributed by atoms with Crippen LogP contribution in [0, 0.1) is 0 Å². The third-order valence-corrected chi connectivity index (χ3v) is 5.06. The standard InChI is InChI=1S/C17H18N2O4S/c1-2-24(22,23)14-8-9-16(20)15(11-14)19-17(21)10-5-12-3-6-13(18)7-4-12/h3-11,20H,2,18H2,1H3,(H,19,21)/b10-5+. The molecule has 7 heteroatoms. The van der Waals surface area contributed by atoms with Crippen LogP contribution in [0.5, 0.6) is 5.75 Å². The average molecular weight is 346 g/mol. The van der Waals surface area contributed by atoms with Crippen LogP contribution in [0.2, 0.25) is 0 Å². The smallest absolute Gasteiger partial charge is 0.248 e. The number of nitrogens with one attached hydrogen (secondary N) is 1. The number of hydrogen-bond donors (Lipinski definition) is 3. The molecule has 126 valence electrons. The van der Waals surface area contributed by atoms with Gasteiger partial charge in [0, 0.05) is 11.8 Å². The first-order chi connectivity index (χ1) is 11.3. The summed E-state index contributed by atoms with van der Waals surface area (Å²) >= 11 is 0. The molecule has 0 radical (unpaired) electrons. The second kappa shape index (κ2) is 7.18. The lowest BCUT2D eigenvalue weighted by Gasteiger charge is -2.08. The van der Waals surface area contributed by atoms with Crippen molar-refractivity contribution in [3.8, 4) is 5.75 Å². The van der Waals surface area contributed by atoms with Crippen molar-refractivity contribution >= 4 is 33.2 Å². The molecule has 0 aliphatic rings. The van der Waals surface area contributed by atoms with Crippen molar-refractivity contribution in [2.75, 3.05) is 16.8 Å². The van der Waals surface area contributed by atoms with Gasteiger partial charge in [-0.05, 0) is 42.0 Å². The number of nitrogen functional groups attached to an aromatic ring is 1. The van der Waals surface area contributed by atoms with E-state index in [1.165, 1.54) is 31.2 Å². The molecule has 1 amide bonds. The minimum absolute atomic E-state index is 0.0384. The fourth-order valence-electron chi connectivity index (χ4n) is 1.93. The number of phenolic OH excluding ortho intramolecular Hbond substituents is 1. The second-order valence-corrected chi connectivity index (χ2v) is 7.35. The number of sulfone groups is 1. The van der Waals surface area contributed by atoms with Gasteiger partial charge in [0.05, 0.1) is 16.3 Å². The Morgan fingerprint density at radius 2 is 1.88 bits per heavy atom. The van der Waals surface area contributed by atoms with E-state index in [0.717, 1.165) is 5.56 Å². The molecule has 0 heterocycles.